The van der Waals surface area contributed by atoms with Crippen molar-refractivity contribution in [1.82, 2.24) is 0 Å². The number of fused-ring (bicyclic) bond motifs is 3. The summed E-state index contributed by atoms with van der Waals surface area (Å²) in [6.45, 7) is 7.98. The molecular formula is C15H17Cl2N3O3. The highest BCUT2D eigenvalue weighted by Crippen LogP contribution is 2.52. The van der Waals surface area contributed by atoms with Gasteiger partial charge in [0.25, 0.3) is 0 Å². The molecule has 6 nitrogen and oxygen atoms in total. The van der Waals surface area contributed by atoms with Gasteiger partial charge in [-0.2, -0.15) is 0 Å². The summed E-state index contributed by atoms with van der Waals surface area (Å²) in [6.07, 6.45) is 0. The van der Waals surface area contributed by atoms with Gasteiger partial charge in [-0.25, -0.2) is 0 Å². The van der Waals surface area contributed by atoms with Crippen LogP contribution in [0.25, 0.3) is 10.4 Å². The Hall–Kier alpha value is -1.01. The first-order valence-corrected chi connectivity index (χ1v) is 7.95. The smallest absolute Gasteiger partial charge is 0.312 e. The van der Waals surface area contributed by atoms with E-state index >= 15 is 0 Å². The van der Waals surface area contributed by atoms with Gasteiger partial charge in [-0.1, -0.05) is 49.1 Å². The third-order valence-electron chi connectivity index (χ3n) is 4.72. The summed E-state index contributed by atoms with van der Waals surface area (Å²) < 4.78 is 17.8. The fourth-order valence-electron chi connectivity index (χ4n) is 2.73. The summed E-state index contributed by atoms with van der Waals surface area (Å²) >= 11 is 12.3. The van der Waals surface area contributed by atoms with Gasteiger partial charge in [0, 0.05) is 15.9 Å². The van der Waals surface area contributed by atoms with Crippen LogP contribution in [0.4, 0.5) is 5.69 Å². The molecule has 0 spiro atoms. The number of azide groups is 1. The maximum atomic E-state index is 8.56. The van der Waals surface area contributed by atoms with Crippen LogP contribution in [0.15, 0.2) is 17.2 Å². The molecule has 3 heterocycles. The van der Waals surface area contributed by atoms with E-state index in [9.17, 15) is 0 Å². The number of hydrogen-bond acceptors (Lipinski definition) is 4. The largest absolute Gasteiger partial charge is 0.323 e. The van der Waals surface area contributed by atoms with Crippen molar-refractivity contribution in [3.63, 3.8) is 0 Å². The zero-order chi connectivity index (χ0) is 16.9. The van der Waals surface area contributed by atoms with E-state index in [2.05, 4.69) is 30.8 Å². The first-order valence-electron chi connectivity index (χ1n) is 7.20. The van der Waals surface area contributed by atoms with Crippen molar-refractivity contribution in [2.24, 2.45) is 15.9 Å². The standard InChI is InChI=1S/C15H17Cl2N3O3/c1-13(2,3)14-6-21-15(22-7-14,23-8-14)9-4-10(16)12(19-20-18)11(17)5-9/h4-5H,6-8H2,1-3H3. The molecule has 2 bridgehead atoms. The van der Waals surface area contributed by atoms with Crippen LogP contribution in [0.3, 0.4) is 0 Å². The van der Waals surface area contributed by atoms with E-state index in [0.29, 0.717) is 25.4 Å². The molecule has 0 amide bonds. The number of nitrogens with zero attached hydrogens (tertiary/aromatic N) is 3. The second-order valence-corrected chi connectivity index (χ2v) is 7.74. The van der Waals surface area contributed by atoms with Gasteiger partial charge in [0.2, 0.25) is 0 Å². The van der Waals surface area contributed by atoms with Crippen LogP contribution in [0.2, 0.25) is 10.0 Å². The van der Waals surface area contributed by atoms with E-state index in [4.69, 9.17) is 42.9 Å². The Kier molecular flexibility index (Phi) is 4.04. The predicted octanol–water partition coefficient (Wildman–Crippen LogP) is 5.16. The van der Waals surface area contributed by atoms with Crippen LogP contribution < -0.4 is 0 Å². The fourth-order valence-corrected chi connectivity index (χ4v) is 3.29. The maximum absolute atomic E-state index is 8.56. The van der Waals surface area contributed by atoms with Gasteiger partial charge in [0.15, 0.2) is 0 Å². The van der Waals surface area contributed by atoms with E-state index in [1.165, 1.54) is 0 Å². The Morgan fingerprint density at radius 1 is 1.09 bits per heavy atom. The van der Waals surface area contributed by atoms with Crippen molar-refractivity contribution in [3.05, 3.63) is 38.2 Å². The topological polar surface area (TPSA) is 76.5 Å². The molecule has 0 aliphatic carbocycles. The molecule has 8 heteroatoms. The van der Waals surface area contributed by atoms with Gasteiger partial charge in [-0.05, 0) is 23.1 Å². The molecule has 0 aromatic heterocycles. The minimum absolute atomic E-state index is 0.0137. The summed E-state index contributed by atoms with van der Waals surface area (Å²) in [5.74, 6) is -1.31. The Labute approximate surface area is 144 Å². The van der Waals surface area contributed by atoms with E-state index in [1.54, 1.807) is 12.1 Å². The third kappa shape index (κ3) is 2.60. The predicted molar refractivity (Wildman–Crippen MR) is 86.7 cm³/mol. The summed E-state index contributed by atoms with van der Waals surface area (Å²) in [7, 11) is 0. The van der Waals surface area contributed by atoms with E-state index < -0.39 is 5.97 Å². The van der Waals surface area contributed by atoms with Crippen LogP contribution >= 0.6 is 23.2 Å². The van der Waals surface area contributed by atoms with Gasteiger partial charge in [0.05, 0.1) is 35.6 Å². The lowest BCUT2D eigenvalue weighted by molar-refractivity contribution is -0.489. The van der Waals surface area contributed by atoms with Crippen molar-refractivity contribution in [1.29, 1.82) is 0 Å². The SMILES string of the molecule is CC(C)(C)C12COC(c3cc(Cl)c(N=[N+]=[N-])c(Cl)c3)(OC1)OC2. The molecule has 23 heavy (non-hydrogen) atoms. The van der Waals surface area contributed by atoms with Crippen LogP contribution in [-0.2, 0) is 20.2 Å². The Morgan fingerprint density at radius 2 is 1.57 bits per heavy atom. The molecule has 124 valence electrons. The molecule has 0 atom stereocenters. The van der Waals surface area contributed by atoms with Crippen molar-refractivity contribution >= 4 is 28.9 Å². The average Bonchev–Trinajstić information content (AvgIpc) is 2.51. The monoisotopic (exact) mass is 357 g/mol. The summed E-state index contributed by atoms with van der Waals surface area (Å²) in [5, 5.41) is 3.92. The lowest BCUT2D eigenvalue weighted by Gasteiger charge is -2.56. The third-order valence-corrected chi connectivity index (χ3v) is 5.30. The van der Waals surface area contributed by atoms with Crippen molar-refractivity contribution in [3.8, 4) is 0 Å². The summed E-state index contributed by atoms with van der Waals surface area (Å²) in [5.41, 5.74) is 9.08. The lowest BCUT2D eigenvalue weighted by Crippen LogP contribution is -2.62. The zero-order valence-electron chi connectivity index (χ0n) is 13.1. The van der Waals surface area contributed by atoms with Gasteiger partial charge in [-0.15, -0.1) is 0 Å². The first kappa shape index (κ1) is 16.8. The maximum Gasteiger partial charge on any atom is 0.312 e. The molecule has 0 saturated carbocycles. The molecule has 0 radical (unpaired) electrons. The van der Waals surface area contributed by atoms with E-state index in [1.807, 2.05) is 0 Å². The molecule has 4 rings (SSSR count). The number of halogens is 2. The molecule has 3 saturated heterocycles. The first-order chi connectivity index (χ1) is 10.7. The molecule has 0 unspecified atom stereocenters. The van der Waals surface area contributed by atoms with Crippen LogP contribution in [-0.4, -0.2) is 19.8 Å². The number of benzene rings is 1. The Balaban J connectivity index is 1.95. The number of rotatable bonds is 2. The van der Waals surface area contributed by atoms with Crippen LogP contribution in [0.5, 0.6) is 0 Å². The van der Waals surface area contributed by atoms with Crippen molar-refractivity contribution in [2.45, 2.75) is 26.7 Å². The van der Waals surface area contributed by atoms with Crippen molar-refractivity contribution < 1.29 is 14.2 Å². The zero-order valence-corrected chi connectivity index (χ0v) is 14.6. The molecule has 1 aromatic carbocycles. The lowest BCUT2D eigenvalue weighted by atomic mass is 9.67. The second kappa shape index (κ2) is 5.52. The van der Waals surface area contributed by atoms with E-state index in [0.717, 1.165) is 0 Å². The minimum Gasteiger partial charge on any atom is -0.323 e. The van der Waals surface area contributed by atoms with Gasteiger partial charge < -0.3 is 14.2 Å². The molecule has 1 aromatic rings. The highest BCUT2D eigenvalue weighted by atomic mass is 35.5. The van der Waals surface area contributed by atoms with E-state index in [-0.39, 0.29) is 26.6 Å². The summed E-state index contributed by atoms with van der Waals surface area (Å²) in [4.78, 5) is 2.71. The second-order valence-electron chi connectivity index (χ2n) is 6.93. The van der Waals surface area contributed by atoms with Crippen molar-refractivity contribution in [2.75, 3.05) is 19.8 Å². The van der Waals surface area contributed by atoms with Gasteiger partial charge in [-0.3, -0.25) is 0 Å². The minimum atomic E-state index is -1.31. The molecule has 3 aliphatic heterocycles. The molecule has 0 N–H and O–H groups in total. The Bertz CT molecular complexity index is 648. The summed E-state index contributed by atoms with van der Waals surface area (Å²) in [6, 6.07) is 3.18. The molecule has 3 aliphatic rings. The van der Waals surface area contributed by atoms with Gasteiger partial charge in [0.1, 0.15) is 0 Å². The Morgan fingerprint density at radius 3 is 1.96 bits per heavy atom. The number of hydrogen-bond donors (Lipinski definition) is 0. The molecular weight excluding hydrogens is 341 g/mol. The van der Waals surface area contributed by atoms with Crippen LogP contribution in [0, 0.1) is 10.8 Å². The average molecular weight is 358 g/mol. The number of ether oxygens (including phenoxy) is 3. The normalized spacial score (nSPS) is 30.1. The highest BCUT2D eigenvalue weighted by Gasteiger charge is 2.58. The van der Waals surface area contributed by atoms with Gasteiger partial charge >= 0.3 is 5.97 Å². The molecule has 3 fully saturated rings. The quantitative estimate of drug-likeness (QED) is 0.416. The van der Waals surface area contributed by atoms with Crippen LogP contribution in [0.1, 0.15) is 26.3 Å². The highest BCUT2D eigenvalue weighted by molar-refractivity contribution is 6.38. The fraction of sp³-hybridized carbons (Fsp3) is 0.600.